The van der Waals surface area contributed by atoms with Crippen molar-refractivity contribution in [3.05, 3.63) is 60.2 Å². The molecule has 0 radical (unpaired) electrons. The minimum atomic E-state index is -3.76. The van der Waals surface area contributed by atoms with E-state index in [-0.39, 0.29) is 30.2 Å². The van der Waals surface area contributed by atoms with Crippen molar-refractivity contribution in [2.75, 3.05) is 24.0 Å². The second-order valence-electron chi connectivity index (χ2n) is 8.62. The van der Waals surface area contributed by atoms with Crippen molar-refractivity contribution in [2.24, 2.45) is 0 Å². The van der Waals surface area contributed by atoms with Crippen molar-refractivity contribution in [3.63, 3.8) is 0 Å². The maximum atomic E-state index is 13.0. The third-order valence-corrected chi connectivity index (χ3v) is 7.51. The number of para-hydroxylation sites is 1. The maximum Gasteiger partial charge on any atom is 0.265 e. The van der Waals surface area contributed by atoms with E-state index in [0.717, 1.165) is 23.1 Å². The molecule has 1 amide bonds. The van der Waals surface area contributed by atoms with Crippen LogP contribution in [0.3, 0.4) is 0 Å². The zero-order chi connectivity index (χ0) is 22.5. The zero-order valence-corrected chi connectivity index (χ0v) is 18.7. The molecule has 0 fully saturated rings. The monoisotopic (exact) mass is 452 g/mol. The summed E-state index contributed by atoms with van der Waals surface area (Å²) in [4.78, 5) is 12.8. The van der Waals surface area contributed by atoms with Gasteiger partial charge in [-0.2, -0.15) is 0 Å². The molecule has 0 atom stereocenters. The van der Waals surface area contributed by atoms with Gasteiger partial charge >= 0.3 is 0 Å². The molecule has 0 aromatic heterocycles. The number of carbonyl (C=O) groups is 1. The summed E-state index contributed by atoms with van der Waals surface area (Å²) in [5.74, 6) is 1.00. The number of nitrogens with zero attached hydrogens (tertiary/aromatic N) is 1. The van der Waals surface area contributed by atoms with Gasteiger partial charge in [0.1, 0.15) is 18.8 Å². The van der Waals surface area contributed by atoms with Gasteiger partial charge in [-0.1, -0.05) is 36.4 Å². The molecule has 32 heavy (non-hydrogen) atoms. The number of carbonyl (C=O) groups excluding carboxylic acids is 1. The third kappa shape index (κ3) is 3.44. The Morgan fingerprint density at radius 3 is 2.69 bits per heavy atom. The van der Waals surface area contributed by atoms with Crippen LogP contribution in [0.1, 0.15) is 19.4 Å². The Balaban J connectivity index is 1.21. The van der Waals surface area contributed by atoms with Gasteiger partial charge in [0.2, 0.25) is 5.91 Å². The second kappa shape index (κ2) is 7.41. The van der Waals surface area contributed by atoms with Gasteiger partial charge in [-0.15, -0.1) is 0 Å². The second-order valence-corrected chi connectivity index (χ2v) is 10.5. The molecule has 5 rings (SSSR count). The number of hydrogen-bond donors (Lipinski definition) is 1. The lowest BCUT2D eigenvalue weighted by molar-refractivity contribution is -0.119. The molecular formula is C24H24N2O5S. The Kier molecular flexibility index (Phi) is 4.78. The summed E-state index contributed by atoms with van der Waals surface area (Å²) < 4.78 is 39.0. The molecule has 0 saturated heterocycles. The molecule has 0 aliphatic carbocycles. The quantitative estimate of drug-likeness (QED) is 0.581. The molecule has 166 valence electrons. The van der Waals surface area contributed by atoms with Crippen molar-refractivity contribution >= 4 is 32.4 Å². The van der Waals surface area contributed by atoms with Crippen molar-refractivity contribution in [2.45, 2.75) is 30.8 Å². The molecule has 1 N–H and O–H groups in total. The Morgan fingerprint density at radius 2 is 1.88 bits per heavy atom. The summed E-state index contributed by atoms with van der Waals surface area (Å²) in [6.07, 6.45) is 0.815. The fourth-order valence-electron chi connectivity index (χ4n) is 4.37. The van der Waals surface area contributed by atoms with E-state index in [4.69, 9.17) is 9.47 Å². The van der Waals surface area contributed by atoms with Crippen LogP contribution in [0.2, 0.25) is 0 Å². The highest BCUT2D eigenvalue weighted by atomic mass is 32.2. The van der Waals surface area contributed by atoms with Gasteiger partial charge in [0, 0.05) is 17.4 Å². The van der Waals surface area contributed by atoms with Crippen molar-refractivity contribution in [1.29, 1.82) is 0 Å². The largest absolute Gasteiger partial charge is 0.488 e. The number of sulfonamides is 1. The Morgan fingerprint density at radius 1 is 1.12 bits per heavy atom. The van der Waals surface area contributed by atoms with Gasteiger partial charge < -0.3 is 14.8 Å². The van der Waals surface area contributed by atoms with Gasteiger partial charge in [0.05, 0.1) is 17.1 Å². The number of rotatable bonds is 6. The van der Waals surface area contributed by atoms with Crippen molar-refractivity contribution in [1.82, 2.24) is 5.32 Å². The van der Waals surface area contributed by atoms with Crippen LogP contribution < -0.4 is 19.1 Å². The molecule has 3 aromatic rings. The molecule has 7 nitrogen and oxygen atoms in total. The summed E-state index contributed by atoms with van der Waals surface area (Å²) in [6, 6.07) is 16.3. The first kappa shape index (κ1) is 20.6. The number of nitrogens with one attached hydrogen (secondary N) is 1. The van der Waals surface area contributed by atoms with Gasteiger partial charge in [-0.25, -0.2) is 8.42 Å². The first-order valence-corrected chi connectivity index (χ1v) is 12.0. The van der Waals surface area contributed by atoms with E-state index in [2.05, 4.69) is 5.32 Å². The van der Waals surface area contributed by atoms with E-state index < -0.39 is 15.9 Å². The first-order chi connectivity index (χ1) is 15.3. The summed E-state index contributed by atoms with van der Waals surface area (Å²) in [5, 5.41) is 4.24. The SMILES string of the molecule is CC1(C)Cc2cccc(OCCNC(=O)CN3c4cccc5cccc(c45)S3(=O)=O)c2O1. The van der Waals surface area contributed by atoms with Gasteiger partial charge in [0.15, 0.2) is 11.5 Å². The van der Waals surface area contributed by atoms with E-state index in [1.165, 1.54) is 4.31 Å². The van der Waals surface area contributed by atoms with Crippen LogP contribution in [-0.2, 0) is 21.2 Å². The van der Waals surface area contributed by atoms with E-state index in [0.29, 0.717) is 16.8 Å². The highest BCUT2D eigenvalue weighted by Gasteiger charge is 2.36. The molecule has 8 heteroatoms. The predicted molar refractivity (Wildman–Crippen MR) is 122 cm³/mol. The molecule has 2 heterocycles. The number of fused-ring (bicyclic) bond motifs is 1. The Hall–Kier alpha value is -3.26. The number of amides is 1. The molecular weight excluding hydrogens is 428 g/mol. The third-order valence-electron chi connectivity index (χ3n) is 5.71. The molecule has 0 unspecified atom stereocenters. The summed E-state index contributed by atoms with van der Waals surface area (Å²) in [7, 11) is -3.76. The van der Waals surface area contributed by atoms with Crippen LogP contribution in [0.4, 0.5) is 5.69 Å². The zero-order valence-electron chi connectivity index (χ0n) is 17.9. The lowest BCUT2D eigenvalue weighted by Gasteiger charge is -2.19. The molecule has 3 aromatic carbocycles. The van der Waals surface area contributed by atoms with Gasteiger partial charge in [-0.05, 0) is 37.4 Å². The molecule has 2 aliphatic rings. The van der Waals surface area contributed by atoms with E-state index >= 15 is 0 Å². The highest BCUT2D eigenvalue weighted by Crippen LogP contribution is 2.42. The number of anilines is 1. The molecule has 2 aliphatic heterocycles. The summed E-state index contributed by atoms with van der Waals surface area (Å²) in [5.41, 5.74) is 1.37. The van der Waals surface area contributed by atoms with Crippen LogP contribution in [0.25, 0.3) is 10.8 Å². The minimum Gasteiger partial charge on any atom is -0.488 e. The maximum absolute atomic E-state index is 13.0. The summed E-state index contributed by atoms with van der Waals surface area (Å²) >= 11 is 0. The molecule has 0 saturated carbocycles. The lowest BCUT2D eigenvalue weighted by Crippen LogP contribution is -2.40. The lowest BCUT2D eigenvalue weighted by atomic mass is 10.0. The molecule has 0 spiro atoms. The normalized spacial score (nSPS) is 17.1. The molecule has 0 bridgehead atoms. The van der Waals surface area contributed by atoms with Crippen molar-refractivity contribution < 1.29 is 22.7 Å². The van der Waals surface area contributed by atoms with Crippen LogP contribution in [-0.4, -0.2) is 39.6 Å². The fourth-order valence-corrected chi connectivity index (χ4v) is 6.03. The van der Waals surface area contributed by atoms with Crippen LogP contribution >= 0.6 is 0 Å². The highest BCUT2D eigenvalue weighted by molar-refractivity contribution is 7.93. The van der Waals surface area contributed by atoms with Crippen molar-refractivity contribution in [3.8, 4) is 11.5 Å². The Bertz CT molecular complexity index is 1330. The fraction of sp³-hybridized carbons (Fsp3) is 0.292. The minimum absolute atomic E-state index is 0.239. The van der Waals surface area contributed by atoms with Crippen LogP contribution in [0.15, 0.2) is 59.5 Å². The van der Waals surface area contributed by atoms with Gasteiger partial charge in [0.25, 0.3) is 10.0 Å². The predicted octanol–water partition coefficient (Wildman–Crippen LogP) is 3.26. The average molecular weight is 453 g/mol. The smallest absolute Gasteiger partial charge is 0.265 e. The van der Waals surface area contributed by atoms with E-state index in [1.807, 2.05) is 44.2 Å². The van der Waals surface area contributed by atoms with E-state index in [1.54, 1.807) is 24.3 Å². The standard InChI is InChI=1S/C24H24N2O5S/c1-24(2)14-17-8-4-10-19(23(17)31-24)30-13-12-25-21(27)15-26-18-9-3-6-16-7-5-11-20(22(16)18)32(26,28)29/h3-11H,12-15H2,1-2H3,(H,25,27). The average Bonchev–Trinajstić information content (AvgIpc) is 3.18. The van der Waals surface area contributed by atoms with Crippen LogP contribution in [0, 0.1) is 0 Å². The number of benzene rings is 3. The van der Waals surface area contributed by atoms with Crippen LogP contribution in [0.5, 0.6) is 11.5 Å². The van der Waals surface area contributed by atoms with Gasteiger partial charge in [-0.3, -0.25) is 9.10 Å². The number of hydrogen-bond acceptors (Lipinski definition) is 5. The summed E-state index contributed by atoms with van der Waals surface area (Å²) in [6.45, 7) is 4.27. The first-order valence-electron chi connectivity index (χ1n) is 10.5. The Labute approximate surface area is 187 Å². The number of ether oxygens (including phenoxy) is 2. The topological polar surface area (TPSA) is 84.9 Å². The van der Waals surface area contributed by atoms with E-state index in [9.17, 15) is 13.2 Å².